The minimum Gasteiger partial charge on any atom is -0.354 e. The van der Waals surface area contributed by atoms with Crippen LogP contribution in [0.1, 0.15) is 5.56 Å². The first-order chi connectivity index (χ1) is 11.7. The number of anilines is 1. The molecular weight excluding hydrogens is 528 g/mol. The number of pyridine rings is 2. The van der Waals surface area contributed by atoms with E-state index in [1.165, 1.54) is 14.5 Å². The quantitative estimate of drug-likeness (QED) is 0.473. The van der Waals surface area contributed by atoms with Crippen LogP contribution in [0.25, 0.3) is 11.0 Å². The van der Waals surface area contributed by atoms with E-state index >= 15 is 0 Å². The molecule has 0 saturated carbocycles. The molecule has 7 heteroatoms. The van der Waals surface area contributed by atoms with Crippen molar-refractivity contribution in [1.82, 2.24) is 17.6 Å². The number of hydrogen-bond acceptors (Lipinski definition) is 4. The van der Waals surface area contributed by atoms with Gasteiger partial charge in [0.15, 0.2) is 0 Å². The third-order valence-corrected chi connectivity index (χ3v) is 5.78. The molecule has 0 amide bonds. The molecule has 4 rings (SSSR count). The number of rotatable bonds is 3. The van der Waals surface area contributed by atoms with Crippen LogP contribution >= 0.6 is 45.5 Å². The number of piperazine rings is 1. The van der Waals surface area contributed by atoms with Crippen LogP contribution in [0.2, 0.25) is 0 Å². The van der Waals surface area contributed by atoms with Crippen molar-refractivity contribution in [3.63, 3.8) is 0 Å². The van der Waals surface area contributed by atoms with E-state index in [9.17, 15) is 0 Å². The standard InChI is InChI=1S/C17H17I2N5/c18-14-3-4-16(21-10-14)23-8-6-22(7-9-23)11-13-12-24(19)17-15(13)2-1-5-20-17/h1-5,10,12H,6-9,11H2. The molecule has 124 valence electrons. The van der Waals surface area contributed by atoms with Crippen LogP contribution in [0.3, 0.4) is 0 Å². The molecule has 24 heavy (non-hydrogen) atoms. The van der Waals surface area contributed by atoms with Crippen LogP contribution in [0.15, 0.2) is 42.9 Å². The summed E-state index contributed by atoms with van der Waals surface area (Å²) in [6.07, 6.45) is 5.99. The first kappa shape index (κ1) is 16.5. The highest BCUT2D eigenvalue weighted by atomic mass is 127. The van der Waals surface area contributed by atoms with Gasteiger partial charge in [0.05, 0.1) is 22.9 Å². The summed E-state index contributed by atoms with van der Waals surface area (Å²) in [5, 5.41) is 1.26. The van der Waals surface area contributed by atoms with E-state index < -0.39 is 0 Å². The lowest BCUT2D eigenvalue weighted by atomic mass is 10.2. The summed E-state index contributed by atoms with van der Waals surface area (Å²) in [7, 11) is 0. The van der Waals surface area contributed by atoms with Crippen LogP contribution in [0.5, 0.6) is 0 Å². The van der Waals surface area contributed by atoms with Gasteiger partial charge in [-0.3, -0.25) is 7.68 Å². The Bertz CT molecular complexity index is 838. The zero-order valence-electron chi connectivity index (χ0n) is 13.1. The Hall–Kier alpha value is -0.940. The summed E-state index contributed by atoms with van der Waals surface area (Å²) in [5.41, 5.74) is 2.41. The van der Waals surface area contributed by atoms with Crippen LogP contribution in [-0.4, -0.2) is 43.8 Å². The number of aromatic nitrogens is 3. The van der Waals surface area contributed by atoms with Gasteiger partial charge in [-0.05, 0) is 52.4 Å². The summed E-state index contributed by atoms with van der Waals surface area (Å²) >= 11 is 4.60. The molecule has 1 aliphatic rings. The normalized spacial score (nSPS) is 16.0. The smallest absolute Gasteiger partial charge is 0.149 e. The lowest BCUT2D eigenvalue weighted by molar-refractivity contribution is 0.250. The molecule has 1 aliphatic heterocycles. The average Bonchev–Trinajstić information content (AvgIpc) is 2.93. The lowest BCUT2D eigenvalue weighted by Gasteiger charge is -2.35. The minimum absolute atomic E-state index is 0.978. The molecule has 0 atom stereocenters. The second-order valence-corrected chi connectivity index (χ2v) is 8.22. The summed E-state index contributed by atoms with van der Waals surface area (Å²) in [6, 6.07) is 8.42. The fraction of sp³-hybridized carbons (Fsp3) is 0.294. The maximum Gasteiger partial charge on any atom is 0.149 e. The van der Waals surface area contributed by atoms with Gasteiger partial charge in [0.25, 0.3) is 0 Å². The molecule has 3 aromatic heterocycles. The van der Waals surface area contributed by atoms with Crippen molar-refractivity contribution in [1.29, 1.82) is 0 Å². The molecule has 1 saturated heterocycles. The second-order valence-electron chi connectivity index (χ2n) is 5.94. The van der Waals surface area contributed by atoms with Gasteiger partial charge in [-0.25, -0.2) is 9.97 Å². The van der Waals surface area contributed by atoms with Gasteiger partial charge in [0.1, 0.15) is 11.5 Å². The predicted octanol–water partition coefficient (Wildman–Crippen LogP) is 3.56. The number of hydrogen-bond donors (Lipinski definition) is 0. The third-order valence-electron chi connectivity index (χ3n) is 4.41. The van der Waals surface area contributed by atoms with E-state index in [4.69, 9.17) is 0 Å². The topological polar surface area (TPSA) is 37.2 Å². The van der Waals surface area contributed by atoms with Gasteiger partial charge in [-0.15, -0.1) is 0 Å². The summed E-state index contributed by atoms with van der Waals surface area (Å²) < 4.78 is 3.27. The van der Waals surface area contributed by atoms with E-state index in [1.807, 2.05) is 18.5 Å². The molecule has 0 N–H and O–H groups in total. The highest BCUT2D eigenvalue weighted by molar-refractivity contribution is 14.1. The lowest BCUT2D eigenvalue weighted by Crippen LogP contribution is -2.46. The van der Waals surface area contributed by atoms with Crippen molar-refractivity contribution in [2.24, 2.45) is 0 Å². The summed E-state index contributed by atoms with van der Waals surface area (Å²) in [6.45, 7) is 5.14. The van der Waals surface area contributed by atoms with Gasteiger partial charge in [0, 0.05) is 60.3 Å². The van der Waals surface area contributed by atoms with Crippen molar-refractivity contribution < 1.29 is 0 Å². The zero-order chi connectivity index (χ0) is 16.5. The predicted molar refractivity (Wildman–Crippen MR) is 114 cm³/mol. The van der Waals surface area contributed by atoms with Crippen molar-refractivity contribution in [2.45, 2.75) is 6.54 Å². The molecule has 0 aliphatic carbocycles. The highest BCUT2D eigenvalue weighted by Gasteiger charge is 2.19. The summed E-state index contributed by atoms with van der Waals surface area (Å²) in [4.78, 5) is 13.9. The van der Waals surface area contributed by atoms with E-state index in [1.54, 1.807) is 0 Å². The molecule has 0 aromatic carbocycles. The first-order valence-electron chi connectivity index (χ1n) is 7.91. The van der Waals surface area contributed by atoms with Crippen LogP contribution in [-0.2, 0) is 6.54 Å². The molecule has 0 radical (unpaired) electrons. The third kappa shape index (κ3) is 3.38. The molecule has 1 fully saturated rings. The zero-order valence-corrected chi connectivity index (χ0v) is 17.4. The SMILES string of the molecule is Ic1ccc(N2CCN(Cc3cn(I)c4ncccc34)CC2)nc1. The van der Waals surface area contributed by atoms with Crippen LogP contribution in [0, 0.1) is 3.57 Å². The molecular formula is C17H17I2N5. The fourth-order valence-corrected chi connectivity index (χ4v) is 4.18. The Kier molecular flexibility index (Phi) is 4.90. The van der Waals surface area contributed by atoms with Gasteiger partial charge in [-0.1, -0.05) is 0 Å². The van der Waals surface area contributed by atoms with Gasteiger partial charge in [0.2, 0.25) is 0 Å². The van der Waals surface area contributed by atoms with Crippen molar-refractivity contribution in [2.75, 3.05) is 31.1 Å². The number of halogens is 2. The highest BCUT2D eigenvalue weighted by Crippen LogP contribution is 2.23. The van der Waals surface area contributed by atoms with Crippen molar-refractivity contribution in [3.05, 3.63) is 52.0 Å². The average molecular weight is 545 g/mol. The Morgan fingerprint density at radius 3 is 2.62 bits per heavy atom. The fourth-order valence-electron chi connectivity index (χ4n) is 3.14. The van der Waals surface area contributed by atoms with Crippen LogP contribution in [0.4, 0.5) is 5.82 Å². The molecule has 4 heterocycles. The largest absolute Gasteiger partial charge is 0.354 e. The molecule has 5 nitrogen and oxygen atoms in total. The van der Waals surface area contributed by atoms with Gasteiger partial charge >= 0.3 is 0 Å². The Labute approximate surface area is 168 Å². The van der Waals surface area contributed by atoms with E-state index in [0.717, 1.165) is 44.2 Å². The maximum atomic E-state index is 4.54. The number of fused-ring (bicyclic) bond motifs is 1. The Balaban J connectivity index is 1.43. The van der Waals surface area contributed by atoms with Gasteiger partial charge < -0.3 is 4.90 Å². The molecule has 3 aromatic rings. The second kappa shape index (κ2) is 7.12. The van der Waals surface area contributed by atoms with Crippen molar-refractivity contribution in [3.8, 4) is 0 Å². The Morgan fingerprint density at radius 2 is 1.88 bits per heavy atom. The van der Waals surface area contributed by atoms with E-state index in [2.05, 4.69) is 92.4 Å². The molecule has 0 unspecified atom stereocenters. The minimum atomic E-state index is 0.978. The van der Waals surface area contributed by atoms with Gasteiger partial charge in [-0.2, -0.15) is 0 Å². The van der Waals surface area contributed by atoms with E-state index in [0.29, 0.717) is 0 Å². The Morgan fingerprint density at radius 1 is 1.04 bits per heavy atom. The molecule has 0 bridgehead atoms. The summed E-state index contributed by atoms with van der Waals surface area (Å²) in [5.74, 6) is 1.09. The first-order valence-corrected chi connectivity index (χ1v) is 9.95. The van der Waals surface area contributed by atoms with E-state index in [-0.39, 0.29) is 0 Å². The molecule has 0 spiro atoms. The monoisotopic (exact) mass is 545 g/mol. The number of nitrogens with zero attached hydrogens (tertiary/aromatic N) is 5. The van der Waals surface area contributed by atoms with Crippen LogP contribution < -0.4 is 4.90 Å². The maximum absolute atomic E-state index is 4.54. The van der Waals surface area contributed by atoms with Crippen molar-refractivity contribution >= 4 is 62.3 Å².